The van der Waals surface area contributed by atoms with E-state index >= 15 is 0 Å². The number of hydrogen-bond acceptors (Lipinski definition) is 6. The van der Waals surface area contributed by atoms with Gasteiger partial charge in [0.1, 0.15) is 18.0 Å². The first-order valence-corrected chi connectivity index (χ1v) is 14.6. The van der Waals surface area contributed by atoms with Crippen molar-refractivity contribution in [2.75, 3.05) is 6.61 Å². The van der Waals surface area contributed by atoms with Crippen molar-refractivity contribution in [3.8, 4) is 0 Å². The largest absolute Gasteiger partial charge is 0.494 e. The number of Topliss-reactive ketones (excluding diaryl/α,β-unsaturated/α-hetero) is 1. The molecule has 4 fully saturated rings. The second-order valence-electron chi connectivity index (χ2n) is 13.5. The lowest BCUT2D eigenvalue weighted by atomic mass is 9.44. The van der Waals surface area contributed by atoms with Gasteiger partial charge < -0.3 is 14.2 Å². The smallest absolute Gasteiger partial charge is 0.302 e. The van der Waals surface area contributed by atoms with Crippen LogP contribution >= 0.6 is 0 Å². The van der Waals surface area contributed by atoms with E-state index < -0.39 is 0 Å². The van der Waals surface area contributed by atoms with E-state index in [9.17, 15) is 14.4 Å². The number of carbonyl (C=O) groups is 3. The molecule has 1 aliphatic heterocycles. The summed E-state index contributed by atoms with van der Waals surface area (Å²) in [5.41, 5.74) is 1.10. The zero-order chi connectivity index (χ0) is 26.7. The first-order valence-electron chi connectivity index (χ1n) is 14.6. The topological polar surface area (TPSA) is 78.9 Å². The summed E-state index contributed by atoms with van der Waals surface area (Å²) in [7, 11) is 0. The molecule has 4 saturated carbocycles. The summed E-state index contributed by atoms with van der Waals surface area (Å²) in [4.78, 5) is 36.8. The first-order chi connectivity index (χ1) is 17.4. The van der Waals surface area contributed by atoms with Crippen molar-refractivity contribution >= 4 is 17.7 Å². The average Bonchev–Trinajstić information content (AvgIpc) is 3.31. The Kier molecular flexibility index (Phi) is 7.02. The molecule has 0 amide bonds. The van der Waals surface area contributed by atoms with Crippen LogP contribution in [0.5, 0.6) is 0 Å². The molecule has 0 radical (unpaired) electrons. The van der Waals surface area contributed by atoms with Crippen molar-refractivity contribution in [3.05, 3.63) is 11.3 Å². The first kappa shape index (κ1) is 26.7. The molecule has 0 N–H and O–H groups in total. The Balaban J connectivity index is 1.30. The second kappa shape index (κ2) is 9.72. The van der Waals surface area contributed by atoms with Gasteiger partial charge in [-0.1, -0.05) is 20.8 Å². The zero-order valence-corrected chi connectivity index (χ0v) is 23.6. The van der Waals surface area contributed by atoms with Gasteiger partial charge >= 0.3 is 11.9 Å². The maximum atomic E-state index is 14.1. The number of ketones is 1. The van der Waals surface area contributed by atoms with Crippen LogP contribution in [0.25, 0.3) is 0 Å². The van der Waals surface area contributed by atoms with Crippen LogP contribution in [0.4, 0.5) is 0 Å². The lowest BCUT2D eigenvalue weighted by molar-refractivity contribution is -0.165. The van der Waals surface area contributed by atoms with Crippen molar-refractivity contribution in [3.63, 3.8) is 0 Å². The monoisotopic (exact) mass is 514 g/mol. The maximum Gasteiger partial charge on any atom is 0.302 e. The fourth-order valence-electron chi connectivity index (χ4n) is 9.55. The number of ether oxygens (including phenoxy) is 3. The standard InChI is InChI=1S/C31H46O6/c1-17(16-35-19(3)32)7-10-26-18(2)29-27(37-26)14-25-23-9-8-21-13-22(36-20(4)33)11-12-30(21,5)24(23)15-28(34)31(25,29)6/h17,21-25,27,29H,7-16H2,1-6H3/t17-,21+,22+,23+,24-,25-,27+,29-,30+,31-/m1/s1. The molecule has 0 aromatic carbocycles. The van der Waals surface area contributed by atoms with Crippen LogP contribution in [0, 0.1) is 46.3 Å². The Bertz CT molecular complexity index is 984. The highest BCUT2D eigenvalue weighted by Crippen LogP contribution is 2.68. The third-order valence-electron chi connectivity index (χ3n) is 11.5. The van der Waals surface area contributed by atoms with Crippen LogP contribution in [-0.2, 0) is 28.6 Å². The van der Waals surface area contributed by atoms with Crippen LogP contribution in [0.15, 0.2) is 11.3 Å². The molecule has 0 saturated heterocycles. The van der Waals surface area contributed by atoms with Crippen molar-refractivity contribution < 1.29 is 28.6 Å². The Labute approximate surface area is 222 Å². The molecule has 0 unspecified atom stereocenters. The number of rotatable bonds is 6. The number of fused-ring (bicyclic) bond motifs is 7. The normalized spacial score (nSPS) is 43.2. The van der Waals surface area contributed by atoms with E-state index in [4.69, 9.17) is 14.2 Å². The minimum absolute atomic E-state index is 0.0406. The highest BCUT2D eigenvalue weighted by Gasteiger charge is 2.67. The number of carbonyl (C=O) groups excluding carboxylic acids is 3. The summed E-state index contributed by atoms with van der Waals surface area (Å²) >= 11 is 0. The lowest BCUT2D eigenvalue weighted by Gasteiger charge is -2.60. The molecule has 6 heteroatoms. The molecular formula is C31H46O6. The molecule has 1 heterocycles. The van der Waals surface area contributed by atoms with Gasteiger partial charge in [-0.3, -0.25) is 14.4 Å². The van der Waals surface area contributed by atoms with Gasteiger partial charge in [0.25, 0.3) is 0 Å². The van der Waals surface area contributed by atoms with Gasteiger partial charge in [-0.15, -0.1) is 0 Å². The molecule has 0 spiro atoms. The summed E-state index contributed by atoms with van der Waals surface area (Å²) in [6.45, 7) is 12.4. The molecule has 5 rings (SSSR count). The van der Waals surface area contributed by atoms with E-state index in [1.165, 1.54) is 32.3 Å². The zero-order valence-electron chi connectivity index (χ0n) is 23.6. The fourth-order valence-corrected chi connectivity index (χ4v) is 9.55. The Hall–Kier alpha value is -1.85. The van der Waals surface area contributed by atoms with Gasteiger partial charge in [0.2, 0.25) is 0 Å². The minimum atomic E-state index is -0.334. The number of allylic oxidation sites excluding steroid dienone is 1. The molecule has 0 aromatic rings. The summed E-state index contributed by atoms with van der Waals surface area (Å²) < 4.78 is 17.4. The molecule has 5 aliphatic rings. The molecule has 37 heavy (non-hydrogen) atoms. The molecule has 206 valence electrons. The van der Waals surface area contributed by atoms with E-state index in [1.807, 2.05) is 0 Å². The predicted molar refractivity (Wildman–Crippen MR) is 139 cm³/mol. The molecule has 4 aliphatic carbocycles. The van der Waals surface area contributed by atoms with Gasteiger partial charge in [-0.2, -0.15) is 0 Å². The van der Waals surface area contributed by atoms with Gasteiger partial charge in [0.15, 0.2) is 0 Å². The quantitative estimate of drug-likeness (QED) is 0.404. The SMILES string of the molecule is CC(=O)OC[C@H](C)CCC1=C(C)[C@@H]2[C@H](C[C@@H]3[C@H]4CC[C@H]5C[C@@H](OC(C)=O)CC[C@]5(C)[C@@H]4CC(=O)[C@@]32C)O1. The van der Waals surface area contributed by atoms with Gasteiger partial charge in [0.05, 0.1) is 12.4 Å². The van der Waals surface area contributed by atoms with Crippen LogP contribution in [0.3, 0.4) is 0 Å². The molecule has 0 bridgehead atoms. The van der Waals surface area contributed by atoms with Crippen molar-refractivity contribution in [2.45, 2.75) is 112 Å². The fraction of sp³-hybridized carbons (Fsp3) is 0.839. The van der Waals surface area contributed by atoms with Gasteiger partial charge in [0, 0.05) is 38.0 Å². The van der Waals surface area contributed by atoms with Crippen LogP contribution in [0.1, 0.15) is 99.3 Å². The number of esters is 2. The van der Waals surface area contributed by atoms with Gasteiger partial charge in [-0.25, -0.2) is 0 Å². The highest BCUT2D eigenvalue weighted by molar-refractivity contribution is 5.87. The number of hydrogen-bond donors (Lipinski definition) is 0. The van der Waals surface area contributed by atoms with Crippen LogP contribution in [-0.4, -0.2) is 36.5 Å². The molecule has 10 atom stereocenters. The molecule has 0 aromatic heterocycles. The second-order valence-corrected chi connectivity index (χ2v) is 13.5. The Morgan fingerprint density at radius 1 is 1.08 bits per heavy atom. The third-order valence-corrected chi connectivity index (χ3v) is 11.5. The van der Waals surface area contributed by atoms with E-state index in [0.717, 1.165) is 44.3 Å². The Morgan fingerprint density at radius 3 is 2.54 bits per heavy atom. The summed E-state index contributed by atoms with van der Waals surface area (Å²) in [6.07, 6.45) is 8.83. The summed E-state index contributed by atoms with van der Waals surface area (Å²) in [5.74, 6) is 3.49. The van der Waals surface area contributed by atoms with Crippen LogP contribution < -0.4 is 0 Å². The van der Waals surface area contributed by atoms with Gasteiger partial charge in [-0.05, 0) is 92.4 Å². The average molecular weight is 515 g/mol. The van der Waals surface area contributed by atoms with E-state index in [1.54, 1.807) is 0 Å². The molecule has 6 nitrogen and oxygen atoms in total. The summed E-state index contributed by atoms with van der Waals surface area (Å²) in [6, 6.07) is 0. The van der Waals surface area contributed by atoms with Crippen molar-refractivity contribution in [2.24, 2.45) is 46.3 Å². The van der Waals surface area contributed by atoms with Crippen LogP contribution in [0.2, 0.25) is 0 Å². The third kappa shape index (κ3) is 4.44. The van der Waals surface area contributed by atoms with E-state index in [-0.39, 0.29) is 46.8 Å². The highest BCUT2D eigenvalue weighted by atomic mass is 16.5. The lowest BCUT2D eigenvalue weighted by Crippen LogP contribution is -2.57. The molecular weight excluding hydrogens is 468 g/mol. The van der Waals surface area contributed by atoms with E-state index in [2.05, 4.69) is 27.7 Å². The minimum Gasteiger partial charge on any atom is -0.494 e. The van der Waals surface area contributed by atoms with Crippen molar-refractivity contribution in [1.29, 1.82) is 0 Å². The predicted octanol–water partition coefficient (Wildman–Crippen LogP) is 6.02. The van der Waals surface area contributed by atoms with E-state index in [0.29, 0.717) is 42.5 Å². The van der Waals surface area contributed by atoms with Crippen molar-refractivity contribution in [1.82, 2.24) is 0 Å². The maximum absolute atomic E-state index is 14.1. The Morgan fingerprint density at radius 2 is 1.84 bits per heavy atom. The summed E-state index contributed by atoms with van der Waals surface area (Å²) in [5, 5.41) is 0.